The van der Waals surface area contributed by atoms with E-state index in [-0.39, 0.29) is 5.91 Å². The molecule has 1 atom stereocenters. The van der Waals surface area contributed by atoms with Crippen molar-refractivity contribution < 1.29 is 23.0 Å². The monoisotopic (exact) mass is 395 g/mol. The number of hydrogen-bond acceptors (Lipinski definition) is 3. The minimum Gasteiger partial charge on any atom is -0.493 e. The van der Waals surface area contributed by atoms with Crippen LogP contribution in [-0.2, 0) is 4.79 Å². The lowest BCUT2D eigenvalue weighted by Gasteiger charge is -2.24. The molecule has 0 aromatic heterocycles. The van der Waals surface area contributed by atoms with Crippen LogP contribution in [-0.4, -0.2) is 32.1 Å². The predicted octanol–water partition coefficient (Wildman–Crippen LogP) is 4.87. The molecule has 2 aromatic carbocycles. The van der Waals surface area contributed by atoms with Crippen molar-refractivity contribution in [3.8, 4) is 11.5 Å². The molecule has 4 nitrogen and oxygen atoms in total. The maximum absolute atomic E-state index is 13.4. The van der Waals surface area contributed by atoms with Crippen LogP contribution in [0.1, 0.15) is 24.1 Å². The Morgan fingerprint density at radius 1 is 1.15 bits per heavy atom. The van der Waals surface area contributed by atoms with Gasteiger partial charge in [0.1, 0.15) is 0 Å². The average Bonchev–Trinajstić information content (AvgIpc) is 2.66. The summed E-state index contributed by atoms with van der Waals surface area (Å²) in [7, 11) is 4.56. The van der Waals surface area contributed by atoms with Gasteiger partial charge in [-0.3, -0.25) is 4.79 Å². The van der Waals surface area contributed by atoms with Crippen molar-refractivity contribution in [1.82, 2.24) is 4.90 Å². The molecule has 0 aliphatic carbocycles. The first-order valence-electron chi connectivity index (χ1n) is 8.09. The molecule has 144 valence electrons. The summed E-state index contributed by atoms with van der Waals surface area (Å²) in [6, 6.07) is 6.47. The molecule has 0 fully saturated rings. The van der Waals surface area contributed by atoms with Gasteiger partial charge in [0.15, 0.2) is 23.1 Å². The highest BCUT2D eigenvalue weighted by Crippen LogP contribution is 2.36. The van der Waals surface area contributed by atoms with Gasteiger partial charge in [-0.2, -0.15) is 0 Å². The van der Waals surface area contributed by atoms with Gasteiger partial charge in [0.05, 0.1) is 25.3 Å². The van der Waals surface area contributed by atoms with Crippen molar-refractivity contribution in [2.45, 2.75) is 13.0 Å². The third kappa shape index (κ3) is 4.77. The van der Waals surface area contributed by atoms with Crippen molar-refractivity contribution in [2.75, 3.05) is 21.3 Å². The van der Waals surface area contributed by atoms with Crippen molar-refractivity contribution in [3.63, 3.8) is 0 Å². The Bertz CT molecular complexity index is 871. The summed E-state index contributed by atoms with van der Waals surface area (Å²) in [6.45, 7) is 1.73. The highest BCUT2D eigenvalue weighted by atomic mass is 35.5. The predicted molar refractivity (Wildman–Crippen MR) is 101 cm³/mol. The second-order valence-corrected chi connectivity index (χ2v) is 6.28. The van der Waals surface area contributed by atoms with Gasteiger partial charge < -0.3 is 14.4 Å². The number of ether oxygens (including phenoxy) is 2. The molecule has 0 heterocycles. The van der Waals surface area contributed by atoms with Gasteiger partial charge in [-0.15, -0.1) is 0 Å². The maximum Gasteiger partial charge on any atom is 0.246 e. The number of rotatable bonds is 6. The fourth-order valence-corrected chi connectivity index (χ4v) is 2.80. The van der Waals surface area contributed by atoms with Crippen LogP contribution in [0.3, 0.4) is 0 Å². The summed E-state index contributed by atoms with van der Waals surface area (Å²) in [5.74, 6) is -1.33. The van der Waals surface area contributed by atoms with E-state index in [4.69, 9.17) is 21.1 Å². The van der Waals surface area contributed by atoms with E-state index < -0.39 is 17.7 Å². The summed E-state index contributed by atoms with van der Waals surface area (Å²) >= 11 is 6.15. The molecule has 2 aromatic rings. The number of halogens is 3. The lowest BCUT2D eigenvalue weighted by atomic mass is 10.1. The quantitative estimate of drug-likeness (QED) is 0.655. The third-order valence-corrected chi connectivity index (χ3v) is 4.51. The van der Waals surface area contributed by atoms with E-state index in [0.717, 1.165) is 12.1 Å². The average molecular weight is 396 g/mol. The minimum atomic E-state index is -0.948. The fourth-order valence-electron chi connectivity index (χ4n) is 2.51. The Labute approximate surface area is 162 Å². The van der Waals surface area contributed by atoms with E-state index in [1.54, 1.807) is 32.2 Å². The van der Waals surface area contributed by atoms with Gasteiger partial charge in [-0.1, -0.05) is 17.7 Å². The second-order valence-electron chi connectivity index (χ2n) is 5.87. The third-order valence-electron chi connectivity index (χ3n) is 4.23. The smallest absolute Gasteiger partial charge is 0.246 e. The molecule has 0 saturated carbocycles. The van der Waals surface area contributed by atoms with Crippen LogP contribution in [0.4, 0.5) is 8.78 Å². The van der Waals surface area contributed by atoms with Crippen LogP contribution in [0.2, 0.25) is 5.02 Å². The van der Waals surface area contributed by atoms with Gasteiger partial charge in [-0.05, 0) is 48.4 Å². The van der Waals surface area contributed by atoms with Crippen molar-refractivity contribution in [1.29, 1.82) is 0 Å². The summed E-state index contributed by atoms with van der Waals surface area (Å²) < 4.78 is 36.9. The zero-order valence-corrected chi connectivity index (χ0v) is 16.2. The Morgan fingerprint density at radius 3 is 2.44 bits per heavy atom. The summed E-state index contributed by atoms with van der Waals surface area (Å²) in [5, 5.41) is 0.354. The van der Waals surface area contributed by atoms with E-state index in [2.05, 4.69) is 0 Å². The standard InChI is InChI=1S/C20H20ClF2NO3/c1-12(14-6-7-16(22)17(23)11-14)24(2)19(25)8-5-13-9-15(21)20(27-4)18(10-13)26-3/h5-12H,1-4H3/b8-5+. The first-order chi connectivity index (χ1) is 12.8. The summed E-state index contributed by atoms with van der Waals surface area (Å²) in [6.07, 6.45) is 2.96. The highest BCUT2D eigenvalue weighted by Gasteiger charge is 2.17. The second kappa shape index (κ2) is 8.86. The van der Waals surface area contributed by atoms with Gasteiger partial charge in [0.25, 0.3) is 0 Å². The molecule has 2 rings (SSSR count). The van der Waals surface area contributed by atoms with Gasteiger partial charge >= 0.3 is 0 Å². The van der Waals surface area contributed by atoms with Crippen LogP contribution in [0.5, 0.6) is 11.5 Å². The van der Waals surface area contributed by atoms with Gasteiger partial charge in [0, 0.05) is 13.1 Å². The number of nitrogens with zero attached hydrogens (tertiary/aromatic N) is 1. The fraction of sp³-hybridized carbons (Fsp3) is 0.250. The van der Waals surface area contributed by atoms with Gasteiger partial charge in [-0.25, -0.2) is 8.78 Å². The molecule has 0 spiro atoms. The van der Waals surface area contributed by atoms with Crippen molar-refractivity contribution in [3.05, 3.63) is 64.2 Å². The van der Waals surface area contributed by atoms with Crippen LogP contribution < -0.4 is 9.47 Å². The molecule has 7 heteroatoms. The molecule has 0 bridgehead atoms. The highest BCUT2D eigenvalue weighted by molar-refractivity contribution is 6.32. The summed E-state index contributed by atoms with van der Waals surface area (Å²) in [5.41, 5.74) is 1.15. The number of hydrogen-bond donors (Lipinski definition) is 0. The number of benzene rings is 2. The first kappa shape index (κ1) is 20.7. The van der Waals surface area contributed by atoms with Crippen LogP contribution in [0, 0.1) is 11.6 Å². The molecular formula is C20H20ClF2NO3. The largest absolute Gasteiger partial charge is 0.493 e. The molecule has 0 radical (unpaired) electrons. The Morgan fingerprint density at radius 2 is 1.85 bits per heavy atom. The molecule has 0 aliphatic heterocycles. The van der Waals surface area contributed by atoms with E-state index >= 15 is 0 Å². The number of methoxy groups -OCH3 is 2. The molecular weight excluding hydrogens is 376 g/mol. The van der Waals surface area contributed by atoms with E-state index in [1.807, 2.05) is 0 Å². The molecule has 1 unspecified atom stereocenters. The van der Waals surface area contributed by atoms with Crippen molar-refractivity contribution in [2.24, 2.45) is 0 Å². The molecule has 0 N–H and O–H groups in total. The zero-order chi connectivity index (χ0) is 20.1. The Balaban J connectivity index is 2.18. The SMILES string of the molecule is COc1cc(/C=C/C(=O)N(C)C(C)c2ccc(F)c(F)c2)cc(Cl)c1OC. The van der Waals surface area contributed by atoms with Gasteiger partial charge in [0.2, 0.25) is 5.91 Å². The first-order valence-corrected chi connectivity index (χ1v) is 8.47. The number of carbonyl (C=O) groups is 1. The van der Waals surface area contributed by atoms with Crippen LogP contribution in [0.25, 0.3) is 6.08 Å². The maximum atomic E-state index is 13.4. The molecule has 27 heavy (non-hydrogen) atoms. The molecule has 0 aliphatic rings. The number of carbonyl (C=O) groups excluding carboxylic acids is 1. The Hall–Kier alpha value is -2.60. The molecule has 1 amide bonds. The minimum absolute atomic E-state index is 0.307. The Kier molecular flexibility index (Phi) is 6.80. The zero-order valence-electron chi connectivity index (χ0n) is 15.4. The van der Waals surface area contributed by atoms with Crippen molar-refractivity contribution >= 4 is 23.6 Å². The normalized spacial score (nSPS) is 12.1. The van der Waals surface area contributed by atoms with E-state index in [0.29, 0.717) is 27.6 Å². The number of amides is 1. The lowest BCUT2D eigenvalue weighted by molar-refractivity contribution is -0.126. The van der Waals surface area contributed by atoms with E-state index in [1.165, 1.54) is 31.3 Å². The van der Waals surface area contributed by atoms with Crippen LogP contribution >= 0.6 is 11.6 Å². The molecule has 0 saturated heterocycles. The lowest BCUT2D eigenvalue weighted by Crippen LogP contribution is -2.28. The summed E-state index contributed by atoms with van der Waals surface area (Å²) in [4.78, 5) is 13.9. The van der Waals surface area contributed by atoms with Crippen LogP contribution in [0.15, 0.2) is 36.4 Å². The van der Waals surface area contributed by atoms with E-state index in [9.17, 15) is 13.6 Å². The number of likely N-dealkylation sites (N-methyl/N-ethyl adjacent to an activating group) is 1. The topological polar surface area (TPSA) is 38.8 Å².